The Kier molecular flexibility index (Phi) is 5.12. The smallest absolute Gasteiger partial charge is 0.337 e. The predicted octanol–water partition coefficient (Wildman–Crippen LogP) is 1.51. The van der Waals surface area contributed by atoms with E-state index in [-0.39, 0.29) is 11.9 Å². The van der Waals surface area contributed by atoms with Gasteiger partial charge in [0.05, 0.1) is 4.90 Å². The van der Waals surface area contributed by atoms with Crippen LogP contribution in [0.3, 0.4) is 0 Å². The molecule has 1 amide bonds. The molecule has 1 aliphatic rings. The zero-order chi connectivity index (χ0) is 16.3. The summed E-state index contributed by atoms with van der Waals surface area (Å²) in [5, 5.41) is 3.13. The van der Waals surface area contributed by atoms with E-state index in [4.69, 9.17) is 0 Å². The van der Waals surface area contributed by atoms with Crippen LogP contribution in [0.2, 0.25) is 0 Å². The van der Waals surface area contributed by atoms with Crippen LogP contribution >= 0.6 is 0 Å². The first-order chi connectivity index (χ1) is 10.4. The number of carbonyl (C=O) groups is 1. The quantitative estimate of drug-likeness (QED) is 0.908. The Hall–Kier alpha value is -1.54. The molecule has 1 aromatic rings. The molecule has 1 aliphatic heterocycles. The molecule has 1 unspecified atom stereocenters. The van der Waals surface area contributed by atoms with E-state index in [0.717, 1.165) is 25.0 Å². The molecule has 1 aromatic carbocycles. The summed E-state index contributed by atoms with van der Waals surface area (Å²) >= 11 is 0. The van der Waals surface area contributed by atoms with E-state index in [0.29, 0.717) is 18.7 Å². The fourth-order valence-electron chi connectivity index (χ4n) is 2.47. The van der Waals surface area contributed by atoms with Gasteiger partial charge in [0, 0.05) is 24.7 Å². The summed E-state index contributed by atoms with van der Waals surface area (Å²) in [6, 6.07) is 4.89. The van der Waals surface area contributed by atoms with E-state index < -0.39 is 20.5 Å². The van der Waals surface area contributed by atoms with Crippen LogP contribution in [0.15, 0.2) is 29.2 Å². The number of benzene rings is 1. The third-order valence-corrected chi connectivity index (χ3v) is 5.18. The lowest BCUT2D eigenvalue weighted by molar-refractivity contribution is 0.0698. The van der Waals surface area contributed by atoms with Crippen molar-refractivity contribution in [3.63, 3.8) is 0 Å². The fourth-order valence-corrected chi connectivity index (χ4v) is 3.19. The second-order valence-electron chi connectivity index (χ2n) is 5.21. The van der Waals surface area contributed by atoms with Crippen LogP contribution in [-0.4, -0.2) is 51.2 Å². The molecule has 122 valence electrons. The molecule has 0 aromatic heterocycles. The molecule has 0 radical (unpaired) electrons. The predicted molar refractivity (Wildman–Crippen MR) is 77.6 cm³/mol. The molecule has 1 N–H and O–H groups in total. The van der Waals surface area contributed by atoms with Crippen molar-refractivity contribution in [3.8, 4) is 0 Å². The van der Waals surface area contributed by atoms with Crippen LogP contribution in [0.4, 0.5) is 8.78 Å². The fraction of sp³-hybridized carbons (Fsp3) is 0.500. The van der Waals surface area contributed by atoms with E-state index >= 15 is 0 Å². The van der Waals surface area contributed by atoms with Gasteiger partial charge in [0.2, 0.25) is 9.84 Å². The maximum atomic E-state index is 12.5. The monoisotopic (exact) mass is 332 g/mol. The number of nitrogens with one attached hydrogen (secondary N) is 1. The summed E-state index contributed by atoms with van der Waals surface area (Å²) in [7, 11) is -2.79. The number of halogens is 2. The zero-order valence-corrected chi connectivity index (χ0v) is 12.9. The first-order valence-electron chi connectivity index (χ1n) is 6.95. The molecule has 0 bridgehead atoms. The minimum Gasteiger partial charge on any atom is -0.337 e. The second-order valence-corrected chi connectivity index (χ2v) is 7.13. The number of hydrogen-bond acceptors (Lipinski definition) is 4. The summed E-state index contributed by atoms with van der Waals surface area (Å²) in [5.41, 5.74) is 0.296. The maximum Gasteiger partial charge on any atom is 0.341 e. The van der Waals surface area contributed by atoms with Gasteiger partial charge in [-0.1, -0.05) is 0 Å². The average Bonchev–Trinajstić information content (AvgIpc) is 2.54. The van der Waals surface area contributed by atoms with Crippen molar-refractivity contribution in [2.75, 3.05) is 20.1 Å². The molecule has 0 spiro atoms. The van der Waals surface area contributed by atoms with E-state index in [1.807, 2.05) is 7.05 Å². The average molecular weight is 332 g/mol. The maximum absolute atomic E-state index is 12.5. The van der Waals surface area contributed by atoms with Gasteiger partial charge in [-0.15, -0.1) is 0 Å². The highest BCUT2D eigenvalue weighted by Crippen LogP contribution is 2.20. The number of carbonyl (C=O) groups excluding carboxylic acids is 1. The summed E-state index contributed by atoms with van der Waals surface area (Å²) in [5.74, 6) is -3.69. The minimum atomic E-state index is -4.63. The van der Waals surface area contributed by atoms with Crippen LogP contribution in [0.5, 0.6) is 0 Å². The Morgan fingerprint density at radius 1 is 1.32 bits per heavy atom. The van der Waals surface area contributed by atoms with Crippen molar-refractivity contribution in [1.29, 1.82) is 0 Å². The molecule has 5 nitrogen and oxygen atoms in total. The standard InChI is InChI=1S/C14H18F2N2O3S/c1-17-11-3-2-8-18(9-11)13(19)10-4-6-12(7-5-10)22(20,21)14(15)16/h4-7,11,14,17H,2-3,8-9H2,1H3. The van der Waals surface area contributed by atoms with Gasteiger partial charge in [-0.3, -0.25) is 4.79 Å². The molecule has 2 rings (SSSR count). The number of sulfone groups is 1. The SMILES string of the molecule is CNC1CCCN(C(=O)c2ccc(S(=O)(=O)C(F)F)cc2)C1. The van der Waals surface area contributed by atoms with Crippen LogP contribution in [-0.2, 0) is 9.84 Å². The van der Waals surface area contributed by atoms with Crippen molar-refractivity contribution in [2.45, 2.75) is 29.5 Å². The lowest BCUT2D eigenvalue weighted by Gasteiger charge is -2.32. The number of nitrogens with zero attached hydrogens (tertiary/aromatic N) is 1. The Balaban J connectivity index is 2.15. The van der Waals surface area contributed by atoms with E-state index in [9.17, 15) is 22.0 Å². The van der Waals surface area contributed by atoms with Crippen molar-refractivity contribution in [1.82, 2.24) is 10.2 Å². The van der Waals surface area contributed by atoms with Gasteiger partial charge < -0.3 is 10.2 Å². The normalized spacial score (nSPS) is 19.5. The van der Waals surface area contributed by atoms with Crippen LogP contribution in [0, 0.1) is 0 Å². The van der Waals surface area contributed by atoms with E-state index in [1.54, 1.807) is 4.90 Å². The molecule has 0 aliphatic carbocycles. The minimum absolute atomic E-state index is 0.221. The lowest BCUT2D eigenvalue weighted by Crippen LogP contribution is -2.46. The van der Waals surface area contributed by atoms with Gasteiger partial charge in [-0.2, -0.15) is 8.78 Å². The Bertz CT molecular complexity index is 632. The second kappa shape index (κ2) is 6.70. The Labute approximate surface area is 128 Å². The summed E-state index contributed by atoms with van der Waals surface area (Å²) in [4.78, 5) is 13.6. The number of amides is 1. The highest BCUT2D eigenvalue weighted by molar-refractivity contribution is 7.91. The van der Waals surface area contributed by atoms with Gasteiger partial charge in [0.1, 0.15) is 0 Å². The molecule has 1 fully saturated rings. The molecule has 0 saturated carbocycles. The van der Waals surface area contributed by atoms with Gasteiger partial charge in [0.15, 0.2) is 0 Å². The lowest BCUT2D eigenvalue weighted by atomic mass is 10.0. The number of hydrogen-bond donors (Lipinski definition) is 1. The van der Waals surface area contributed by atoms with E-state index in [2.05, 4.69) is 5.32 Å². The van der Waals surface area contributed by atoms with E-state index in [1.165, 1.54) is 12.1 Å². The van der Waals surface area contributed by atoms with Crippen molar-refractivity contribution < 1.29 is 22.0 Å². The van der Waals surface area contributed by atoms with Gasteiger partial charge in [-0.05, 0) is 44.2 Å². The van der Waals surface area contributed by atoms with Crippen molar-refractivity contribution >= 4 is 15.7 Å². The zero-order valence-electron chi connectivity index (χ0n) is 12.1. The van der Waals surface area contributed by atoms with Gasteiger partial charge in [0.25, 0.3) is 5.91 Å². The molecule has 8 heteroatoms. The van der Waals surface area contributed by atoms with Gasteiger partial charge in [-0.25, -0.2) is 8.42 Å². The first kappa shape index (κ1) is 16.8. The number of likely N-dealkylation sites (tertiary alicyclic amines) is 1. The summed E-state index contributed by atoms with van der Waals surface area (Å²) < 4.78 is 47.6. The van der Waals surface area contributed by atoms with Gasteiger partial charge >= 0.3 is 5.76 Å². The molecule has 22 heavy (non-hydrogen) atoms. The largest absolute Gasteiger partial charge is 0.341 e. The third kappa shape index (κ3) is 3.44. The first-order valence-corrected chi connectivity index (χ1v) is 8.49. The Morgan fingerprint density at radius 3 is 2.50 bits per heavy atom. The number of piperidine rings is 1. The van der Waals surface area contributed by atoms with Crippen LogP contribution in [0.25, 0.3) is 0 Å². The third-order valence-electron chi connectivity index (χ3n) is 3.78. The number of alkyl halides is 2. The van der Waals surface area contributed by atoms with Crippen LogP contribution < -0.4 is 5.32 Å². The Morgan fingerprint density at radius 2 is 1.95 bits per heavy atom. The molecular formula is C14H18F2N2O3S. The summed E-state index contributed by atoms with van der Waals surface area (Å²) in [6.45, 7) is 1.21. The molecule has 1 saturated heterocycles. The topological polar surface area (TPSA) is 66.5 Å². The van der Waals surface area contributed by atoms with Crippen LogP contribution in [0.1, 0.15) is 23.2 Å². The number of likely N-dealkylation sites (N-methyl/N-ethyl adjacent to an activating group) is 1. The summed E-state index contributed by atoms with van der Waals surface area (Å²) in [6.07, 6.45) is 1.88. The molecule has 1 heterocycles. The van der Waals surface area contributed by atoms with Crippen molar-refractivity contribution in [2.24, 2.45) is 0 Å². The molecule has 1 atom stereocenters. The number of rotatable bonds is 4. The van der Waals surface area contributed by atoms with Crippen molar-refractivity contribution in [3.05, 3.63) is 29.8 Å². The highest BCUT2D eigenvalue weighted by atomic mass is 32.2. The molecular weight excluding hydrogens is 314 g/mol. The highest BCUT2D eigenvalue weighted by Gasteiger charge is 2.27.